The zero-order chi connectivity index (χ0) is 24.0. The van der Waals surface area contributed by atoms with Crippen molar-refractivity contribution in [1.29, 1.82) is 0 Å². The number of guanidine groups is 1. The van der Waals surface area contributed by atoms with Crippen LogP contribution >= 0.6 is 0 Å². The van der Waals surface area contributed by atoms with Crippen molar-refractivity contribution in [2.24, 2.45) is 16.6 Å². The van der Waals surface area contributed by atoms with E-state index in [4.69, 9.17) is 15.5 Å². The van der Waals surface area contributed by atoms with E-state index in [0.29, 0.717) is 31.8 Å². The van der Waals surface area contributed by atoms with Gasteiger partial charge in [0.25, 0.3) is 11.8 Å². The van der Waals surface area contributed by atoms with Gasteiger partial charge in [0.05, 0.1) is 0 Å². The maximum atomic E-state index is 13.6. The van der Waals surface area contributed by atoms with Gasteiger partial charge in [0.1, 0.15) is 5.75 Å². The predicted molar refractivity (Wildman–Crippen MR) is 130 cm³/mol. The largest absolute Gasteiger partial charge is 0.484 e. The third-order valence-electron chi connectivity index (χ3n) is 6.73. The molecule has 1 atom stereocenters. The molecular formula is C26H33N5O3. The number of pyridine rings is 1. The Hall–Kier alpha value is -3.42. The predicted octanol–water partition coefficient (Wildman–Crippen LogP) is 2.94. The number of likely N-dealkylation sites (tertiary alicyclic amines) is 1. The van der Waals surface area contributed by atoms with Crippen LogP contribution in [0.2, 0.25) is 0 Å². The smallest absolute Gasteiger partial charge is 0.262 e. The molecule has 0 spiro atoms. The van der Waals surface area contributed by atoms with Gasteiger partial charge in [0.15, 0.2) is 18.1 Å². The molecule has 0 radical (unpaired) electrons. The molecule has 0 saturated carbocycles. The summed E-state index contributed by atoms with van der Waals surface area (Å²) in [6.45, 7) is 3.94. The number of amides is 2. The van der Waals surface area contributed by atoms with Crippen molar-refractivity contribution in [1.82, 2.24) is 14.8 Å². The average Bonchev–Trinajstić information content (AvgIpc) is 3.12. The number of aliphatic imine (C=N–C) groups is 1. The van der Waals surface area contributed by atoms with E-state index in [2.05, 4.69) is 11.9 Å². The van der Waals surface area contributed by atoms with Crippen molar-refractivity contribution in [3.63, 3.8) is 0 Å². The van der Waals surface area contributed by atoms with Gasteiger partial charge in [-0.05, 0) is 43.4 Å². The van der Waals surface area contributed by atoms with E-state index in [9.17, 15) is 9.59 Å². The van der Waals surface area contributed by atoms with Crippen LogP contribution in [-0.2, 0) is 15.1 Å². The summed E-state index contributed by atoms with van der Waals surface area (Å²) in [5.41, 5.74) is 6.10. The van der Waals surface area contributed by atoms with Crippen molar-refractivity contribution < 1.29 is 14.3 Å². The summed E-state index contributed by atoms with van der Waals surface area (Å²) >= 11 is 0. The minimum atomic E-state index is -0.986. The first kappa shape index (κ1) is 23.7. The van der Waals surface area contributed by atoms with Crippen LogP contribution in [-0.4, -0.2) is 58.8 Å². The van der Waals surface area contributed by atoms with Crippen molar-refractivity contribution in [2.45, 2.75) is 44.6 Å². The van der Waals surface area contributed by atoms with E-state index < -0.39 is 5.54 Å². The van der Waals surface area contributed by atoms with Crippen LogP contribution in [0.15, 0.2) is 59.9 Å². The molecule has 180 valence electrons. The van der Waals surface area contributed by atoms with E-state index in [1.54, 1.807) is 17.3 Å². The lowest BCUT2D eigenvalue weighted by molar-refractivity contribution is -0.136. The Bertz CT molecular complexity index is 1010. The number of para-hydroxylation sites is 1. The SMILES string of the molecule is CCCCC1(c2cccnc2)N=C(N)N(CC2CCN(C(=O)COc3ccccc3)CC2)C1=O. The molecule has 2 aliphatic rings. The van der Waals surface area contributed by atoms with Gasteiger partial charge in [-0.25, -0.2) is 4.99 Å². The summed E-state index contributed by atoms with van der Waals surface area (Å²) in [5.74, 6) is 1.14. The number of aromatic nitrogens is 1. The number of unbranched alkanes of at least 4 members (excludes halogenated alkanes) is 1. The molecule has 2 aromatic rings. The number of benzene rings is 1. The van der Waals surface area contributed by atoms with Crippen LogP contribution in [0.5, 0.6) is 5.75 Å². The first-order chi connectivity index (χ1) is 16.5. The number of rotatable bonds is 9. The number of hydrogen-bond acceptors (Lipinski definition) is 6. The second kappa shape index (κ2) is 10.7. The molecule has 0 bridgehead atoms. The summed E-state index contributed by atoms with van der Waals surface area (Å²) < 4.78 is 5.60. The molecule has 1 aromatic heterocycles. The number of carbonyl (C=O) groups excluding carboxylic acids is 2. The van der Waals surface area contributed by atoms with Gasteiger partial charge in [0, 0.05) is 37.6 Å². The molecule has 0 aliphatic carbocycles. The summed E-state index contributed by atoms with van der Waals surface area (Å²) in [6, 6.07) is 13.1. The molecule has 2 N–H and O–H groups in total. The summed E-state index contributed by atoms with van der Waals surface area (Å²) in [7, 11) is 0. The molecule has 8 nitrogen and oxygen atoms in total. The second-order valence-corrected chi connectivity index (χ2v) is 9.02. The average molecular weight is 464 g/mol. The van der Waals surface area contributed by atoms with Crippen LogP contribution in [0, 0.1) is 5.92 Å². The monoisotopic (exact) mass is 463 g/mol. The lowest BCUT2D eigenvalue weighted by atomic mass is 9.85. The van der Waals surface area contributed by atoms with E-state index in [0.717, 1.165) is 31.2 Å². The Morgan fingerprint density at radius 1 is 1.18 bits per heavy atom. The number of piperidine rings is 1. The van der Waals surface area contributed by atoms with E-state index in [1.165, 1.54) is 0 Å². The van der Waals surface area contributed by atoms with E-state index in [1.807, 2.05) is 47.4 Å². The highest BCUT2D eigenvalue weighted by Gasteiger charge is 2.49. The molecule has 1 fully saturated rings. The fourth-order valence-corrected chi connectivity index (χ4v) is 4.72. The second-order valence-electron chi connectivity index (χ2n) is 9.02. The molecule has 3 heterocycles. The molecule has 1 saturated heterocycles. The zero-order valence-corrected chi connectivity index (χ0v) is 19.7. The molecule has 2 aliphatic heterocycles. The first-order valence-corrected chi connectivity index (χ1v) is 12.1. The maximum absolute atomic E-state index is 13.6. The highest BCUT2D eigenvalue weighted by Crippen LogP contribution is 2.38. The number of ether oxygens (including phenoxy) is 1. The zero-order valence-electron chi connectivity index (χ0n) is 19.7. The molecule has 34 heavy (non-hydrogen) atoms. The summed E-state index contributed by atoms with van der Waals surface area (Å²) in [4.78, 5) is 38.6. The van der Waals surface area contributed by atoms with Gasteiger partial charge in [0.2, 0.25) is 0 Å². The molecule has 8 heteroatoms. The molecular weight excluding hydrogens is 430 g/mol. The standard InChI is InChI=1S/C26H33N5O3/c1-2-3-13-26(21-8-7-14-28-17-21)24(33)31(25(27)29-26)18-20-11-15-30(16-12-20)23(32)19-34-22-9-5-4-6-10-22/h4-10,14,17,20H,2-3,11-13,15-16,18-19H2,1H3,(H2,27,29). The Morgan fingerprint density at radius 3 is 2.62 bits per heavy atom. The van der Waals surface area contributed by atoms with Gasteiger partial charge < -0.3 is 15.4 Å². The van der Waals surface area contributed by atoms with Gasteiger partial charge in [-0.2, -0.15) is 0 Å². The molecule has 4 rings (SSSR count). The van der Waals surface area contributed by atoms with Crippen LogP contribution in [0.4, 0.5) is 0 Å². The number of carbonyl (C=O) groups is 2. The van der Waals surface area contributed by atoms with Gasteiger partial charge >= 0.3 is 0 Å². The van der Waals surface area contributed by atoms with Crippen molar-refractivity contribution >= 4 is 17.8 Å². The maximum Gasteiger partial charge on any atom is 0.262 e. The van der Waals surface area contributed by atoms with E-state index in [-0.39, 0.29) is 30.3 Å². The van der Waals surface area contributed by atoms with Crippen LogP contribution in [0.3, 0.4) is 0 Å². The van der Waals surface area contributed by atoms with Crippen LogP contribution in [0.1, 0.15) is 44.6 Å². The third kappa shape index (κ3) is 5.05. The van der Waals surface area contributed by atoms with Crippen LogP contribution < -0.4 is 10.5 Å². The summed E-state index contributed by atoms with van der Waals surface area (Å²) in [6.07, 6.45) is 7.48. The van der Waals surface area contributed by atoms with Crippen molar-refractivity contribution in [3.8, 4) is 5.75 Å². The Morgan fingerprint density at radius 2 is 1.94 bits per heavy atom. The lowest BCUT2D eigenvalue weighted by Crippen LogP contribution is -2.48. The Kier molecular flexibility index (Phi) is 7.45. The molecule has 2 amide bonds. The minimum Gasteiger partial charge on any atom is -0.484 e. The Balaban J connectivity index is 1.34. The highest BCUT2D eigenvalue weighted by molar-refractivity contribution is 6.07. The number of nitrogens with zero attached hydrogens (tertiary/aromatic N) is 4. The molecule has 1 unspecified atom stereocenters. The summed E-state index contributed by atoms with van der Waals surface area (Å²) in [5, 5.41) is 0. The third-order valence-corrected chi connectivity index (χ3v) is 6.73. The topological polar surface area (TPSA) is 101 Å². The minimum absolute atomic E-state index is 0.0178. The fourth-order valence-electron chi connectivity index (χ4n) is 4.72. The fraction of sp³-hybridized carbons (Fsp3) is 0.462. The molecule has 1 aromatic carbocycles. The van der Waals surface area contributed by atoms with Crippen molar-refractivity contribution in [3.05, 3.63) is 60.4 Å². The van der Waals surface area contributed by atoms with Gasteiger partial charge in [-0.3, -0.25) is 19.5 Å². The quantitative estimate of drug-likeness (QED) is 0.616. The van der Waals surface area contributed by atoms with E-state index >= 15 is 0 Å². The first-order valence-electron chi connectivity index (χ1n) is 12.1. The van der Waals surface area contributed by atoms with Crippen LogP contribution in [0.25, 0.3) is 0 Å². The Labute approximate surface area is 200 Å². The number of hydrogen-bond donors (Lipinski definition) is 1. The normalized spacial score (nSPS) is 21.0. The van der Waals surface area contributed by atoms with Crippen molar-refractivity contribution in [2.75, 3.05) is 26.2 Å². The van der Waals surface area contributed by atoms with Gasteiger partial charge in [-0.15, -0.1) is 0 Å². The number of nitrogens with two attached hydrogens (primary N) is 1. The highest BCUT2D eigenvalue weighted by atomic mass is 16.5. The van der Waals surface area contributed by atoms with Gasteiger partial charge in [-0.1, -0.05) is 44.0 Å². The lowest BCUT2D eigenvalue weighted by Gasteiger charge is -2.34.